The molecule has 2 amide bonds. The number of benzene rings is 2. The van der Waals surface area contributed by atoms with Crippen LogP contribution in [0.5, 0.6) is 0 Å². The number of unbranched alkanes of at least 4 members (excludes halogenated alkanes) is 1. The Morgan fingerprint density at radius 3 is 2.31 bits per heavy atom. The highest BCUT2D eigenvalue weighted by atomic mass is 16.5. The van der Waals surface area contributed by atoms with E-state index in [0.717, 1.165) is 30.4 Å². The number of carbonyl (C=O) groups excluding carboxylic acids is 2. The Morgan fingerprint density at radius 2 is 1.69 bits per heavy atom. The van der Waals surface area contributed by atoms with Gasteiger partial charge in [0.05, 0.1) is 12.3 Å². The molecule has 0 spiro atoms. The van der Waals surface area contributed by atoms with Crippen LogP contribution in [0.4, 0.5) is 4.79 Å². The van der Waals surface area contributed by atoms with Gasteiger partial charge in [-0.1, -0.05) is 74.7 Å². The molecule has 0 bridgehead atoms. The lowest BCUT2D eigenvalue weighted by molar-refractivity contribution is -0.138. The molecular weight excluding hydrogens is 444 g/mol. The van der Waals surface area contributed by atoms with Crippen molar-refractivity contribution in [3.8, 4) is 11.1 Å². The highest BCUT2D eigenvalue weighted by Crippen LogP contribution is 2.44. The quantitative estimate of drug-likeness (QED) is 0.453. The maximum absolute atomic E-state index is 12.9. The molecule has 2 aliphatic carbocycles. The van der Waals surface area contributed by atoms with Crippen LogP contribution in [0, 0.1) is 5.92 Å². The first-order chi connectivity index (χ1) is 17.0. The Hall–Kier alpha value is -3.35. The van der Waals surface area contributed by atoms with Crippen LogP contribution in [0.2, 0.25) is 0 Å². The summed E-state index contributed by atoms with van der Waals surface area (Å²) in [6.45, 7) is 2.26. The van der Waals surface area contributed by atoms with Crippen molar-refractivity contribution in [2.24, 2.45) is 5.92 Å². The predicted molar refractivity (Wildman–Crippen MR) is 133 cm³/mol. The SMILES string of the molecule is CCCC[C@H](CC(=O)O)NC(=O)C1CCCC1NC(=O)OCC1c2ccccc2-c2ccccc21. The highest BCUT2D eigenvalue weighted by molar-refractivity contribution is 5.82. The fraction of sp³-hybridized carbons (Fsp3) is 0.464. The molecule has 2 unspecified atom stereocenters. The second-order valence-corrected chi connectivity index (χ2v) is 9.56. The van der Waals surface area contributed by atoms with Gasteiger partial charge in [-0.15, -0.1) is 0 Å². The first kappa shape index (κ1) is 24.8. The van der Waals surface area contributed by atoms with Crippen molar-refractivity contribution in [1.82, 2.24) is 10.6 Å². The first-order valence-electron chi connectivity index (χ1n) is 12.6. The van der Waals surface area contributed by atoms with Crippen molar-refractivity contribution < 1.29 is 24.2 Å². The van der Waals surface area contributed by atoms with Crippen molar-refractivity contribution in [2.75, 3.05) is 6.61 Å². The predicted octanol–water partition coefficient (Wildman–Crippen LogP) is 4.84. The molecule has 35 heavy (non-hydrogen) atoms. The minimum Gasteiger partial charge on any atom is -0.481 e. The molecule has 0 aromatic heterocycles. The van der Waals surface area contributed by atoms with Gasteiger partial charge in [-0.05, 0) is 41.5 Å². The monoisotopic (exact) mass is 478 g/mol. The van der Waals surface area contributed by atoms with E-state index in [4.69, 9.17) is 4.74 Å². The summed E-state index contributed by atoms with van der Waals surface area (Å²) in [7, 11) is 0. The summed E-state index contributed by atoms with van der Waals surface area (Å²) in [5, 5.41) is 15.0. The fourth-order valence-corrected chi connectivity index (χ4v) is 5.43. The second kappa shape index (κ2) is 11.4. The normalized spacial score (nSPS) is 19.5. The van der Waals surface area contributed by atoms with E-state index in [9.17, 15) is 19.5 Å². The Bertz CT molecular complexity index is 1020. The molecule has 0 saturated heterocycles. The van der Waals surface area contributed by atoms with E-state index in [0.29, 0.717) is 19.3 Å². The lowest BCUT2D eigenvalue weighted by atomic mass is 9.98. The molecule has 2 aromatic rings. The van der Waals surface area contributed by atoms with E-state index < -0.39 is 18.1 Å². The number of ether oxygens (including phenoxy) is 1. The molecule has 3 atom stereocenters. The third kappa shape index (κ3) is 5.84. The maximum atomic E-state index is 12.9. The molecule has 1 fully saturated rings. The number of carboxylic acids is 1. The van der Waals surface area contributed by atoms with Crippen LogP contribution in [0.1, 0.15) is 68.9 Å². The zero-order valence-corrected chi connectivity index (χ0v) is 20.2. The Morgan fingerprint density at radius 1 is 1.03 bits per heavy atom. The number of rotatable bonds is 10. The van der Waals surface area contributed by atoms with Crippen LogP contribution >= 0.6 is 0 Å². The van der Waals surface area contributed by atoms with Crippen molar-refractivity contribution >= 4 is 18.0 Å². The van der Waals surface area contributed by atoms with E-state index in [-0.39, 0.29) is 36.8 Å². The summed E-state index contributed by atoms with van der Waals surface area (Å²) in [4.78, 5) is 36.8. The number of aliphatic carboxylic acids is 1. The number of carbonyl (C=O) groups is 3. The highest BCUT2D eigenvalue weighted by Gasteiger charge is 2.36. The van der Waals surface area contributed by atoms with Gasteiger partial charge in [0.1, 0.15) is 6.61 Å². The zero-order chi connectivity index (χ0) is 24.8. The average molecular weight is 479 g/mol. The lowest BCUT2D eigenvalue weighted by Gasteiger charge is -2.24. The van der Waals surface area contributed by atoms with Crippen molar-refractivity contribution in [3.63, 3.8) is 0 Å². The zero-order valence-electron chi connectivity index (χ0n) is 20.2. The van der Waals surface area contributed by atoms with Gasteiger partial charge in [-0.25, -0.2) is 4.79 Å². The molecule has 3 N–H and O–H groups in total. The Labute approximate surface area is 206 Å². The molecule has 2 aliphatic rings. The van der Waals surface area contributed by atoms with Crippen LogP contribution < -0.4 is 10.6 Å². The number of alkyl carbamates (subject to hydrolysis) is 1. The number of hydrogen-bond donors (Lipinski definition) is 3. The summed E-state index contributed by atoms with van der Waals surface area (Å²) >= 11 is 0. The van der Waals surface area contributed by atoms with Gasteiger partial charge in [0.15, 0.2) is 0 Å². The van der Waals surface area contributed by atoms with E-state index >= 15 is 0 Å². The minimum atomic E-state index is -0.925. The van der Waals surface area contributed by atoms with Gasteiger partial charge < -0.3 is 20.5 Å². The van der Waals surface area contributed by atoms with Crippen LogP contribution in [-0.4, -0.2) is 41.8 Å². The van der Waals surface area contributed by atoms with Crippen LogP contribution in [0.3, 0.4) is 0 Å². The van der Waals surface area contributed by atoms with E-state index in [1.165, 1.54) is 11.1 Å². The van der Waals surface area contributed by atoms with Crippen LogP contribution in [0.25, 0.3) is 11.1 Å². The molecule has 7 heteroatoms. The number of hydrogen-bond acceptors (Lipinski definition) is 4. The summed E-state index contributed by atoms with van der Waals surface area (Å²) in [5.41, 5.74) is 4.64. The third-order valence-corrected chi connectivity index (χ3v) is 7.17. The number of amides is 2. The van der Waals surface area contributed by atoms with Gasteiger partial charge in [-0.3, -0.25) is 9.59 Å². The van der Waals surface area contributed by atoms with E-state index in [1.54, 1.807) is 0 Å². The Kier molecular flexibility index (Phi) is 8.06. The van der Waals surface area contributed by atoms with Gasteiger partial charge in [0.25, 0.3) is 0 Å². The van der Waals surface area contributed by atoms with Gasteiger partial charge in [-0.2, -0.15) is 0 Å². The molecule has 2 aromatic carbocycles. The summed E-state index contributed by atoms with van der Waals surface area (Å²) in [6.07, 6.45) is 3.98. The smallest absolute Gasteiger partial charge is 0.407 e. The van der Waals surface area contributed by atoms with E-state index in [1.807, 2.05) is 31.2 Å². The number of fused-ring (bicyclic) bond motifs is 3. The summed E-state index contributed by atoms with van der Waals surface area (Å²) in [6, 6.07) is 15.6. The van der Waals surface area contributed by atoms with Gasteiger partial charge in [0.2, 0.25) is 5.91 Å². The Balaban J connectivity index is 1.34. The van der Waals surface area contributed by atoms with Crippen LogP contribution in [0.15, 0.2) is 48.5 Å². The molecule has 186 valence electrons. The maximum Gasteiger partial charge on any atom is 0.407 e. The molecule has 0 heterocycles. The first-order valence-corrected chi connectivity index (χ1v) is 12.6. The minimum absolute atomic E-state index is 0.0221. The molecule has 7 nitrogen and oxygen atoms in total. The average Bonchev–Trinajstić information content (AvgIpc) is 3.43. The lowest BCUT2D eigenvalue weighted by Crippen LogP contribution is -2.47. The number of nitrogens with one attached hydrogen (secondary N) is 2. The standard InChI is InChI=1S/C28H34N2O5/c1-2-3-9-18(16-26(31)32)29-27(33)23-14-8-15-25(23)30-28(34)35-17-24-21-12-6-4-10-19(21)20-11-5-7-13-22(20)24/h4-7,10-13,18,23-25H,2-3,8-9,14-17H2,1H3,(H,29,33)(H,30,34)(H,31,32)/t18-,23?,25?/m1/s1. The summed E-state index contributed by atoms with van der Waals surface area (Å²) in [5.74, 6) is -1.51. The fourth-order valence-electron chi connectivity index (χ4n) is 5.43. The third-order valence-electron chi connectivity index (χ3n) is 7.17. The van der Waals surface area contributed by atoms with Crippen LogP contribution in [-0.2, 0) is 14.3 Å². The molecule has 1 saturated carbocycles. The van der Waals surface area contributed by atoms with Crippen molar-refractivity contribution in [3.05, 3.63) is 59.7 Å². The summed E-state index contributed by atoms with van der Waals surface area (Å²) < 4.78 is 5.66. The van der Waals surface area contributed by atoms with Gasteiger partial charge in [0, 0.05) is 18.0 Å². The number of carboxylic acid groups (broad SMARTS) is 1. The molecule has 0 radical (unpaired) electrons. The topological polar surface area (TPSA) is 105 Å². The second-order valence-electron chi connectivity index (χ2n) is 9.56. The molecule has 0 aliphatic heterocycles. The van der Waals surface area contributed by atoms with Crippen molar-refractivity contribution in [2.45, 2.75) is 69.9 Å². The van der Waals surface area contributed by atoms with Gasteiger partial charge >= 0.3 is 12.1 Å². The largest absolute Gasteiger partial charge is 0.481 e. The molecule has 4 rings (SSSR count). The molecular formula is C28H34N2O5. The van der Waals surface area contributed by atoms with Crippen molar-refractivity contribution in [1.29, 1.82) is 0 Å². The van der Waals surface area contributed by atoms with E-state index in [2.05, 4.69) is 34.9 Å².